The molecule has 0 fully saturated rings. The molecule has 2 atom stereocenters. The number of halogens is 1. The maximum absolute atomic E-state index is 12.9. The van der Waals surface area contributed by atoms with Gasteiger partial charge < -0.3 is 29.0 Å². The lowest BCUT2D eigenvalue weighted by atomic mass is 10.1. The van der Waals surface area contributed by atoms with Gasteiger partial charge in [0.1, 0.15) is 12.2 Å². The van der Waals surface area contributed by atoms with Crippen molar-refractivity contribution in [2.75, 3.05) is 26.3 Å². The van der Waals surface area contributed by atoms with Crippen LogP contribution >= 0.6 is 11.6 Å². The molecule has 1 aliphatic heterocycles. The number of ether oxygens (including phenoxy) is 4. The summed E-state index contributed by atoms with van der Waals surface area (Å²) >= 11 is 6.05. The van der Waals surface area contributed by atoms with Crippen LogP contribution in [0, 0.1) is 0 Å². The van der Waals surface area contributed by atoms with Crippen LogP contribution in [-0.4, -0.2) is 60.1 Å². The van der Waals surface area contributed by atoms with Crippen molar-refractivity contribution in [3.8, 4) is 11.5 Å². The van der Waals surface area contributed by atoms with Crippen molar-refractivity contribution < 1.29 is 33.6 Å². The van der Waals surface area contributed by atoms with Gasteiger partial charge in [0.2, 0.25) is 6.10 Å². The summed E-state index contributed by atoms with van der Waals surface area (Å²) in [5.41, 5.74) is 0.831. The maximum atomic E-state index is 12.9. The number of fused-ring (bicyclic) bond motifs is 1. The number of aliphatic hydroxyl groups excluding tert-OH is 1. The van der Waals surface area contributed by atoms with Gasteiger partial charge in [-0.1, -0.05) is 29.8 Å². The van der Waals surface area contributed by atoms with Gasteiger partial charge in [-0.3, -0.25) is 0 Å². The number of aliphatic hydroxyl groups is 1. The average Bonchev–Trinajstić information content (AvgIpc) is 2.80. The molecule has 9 heteroatoms. The fourth-order valence-electron chi connectivity index (χ4n) is 3.50. The van der Waals surface area contributed by atoms with Crippen LogP contribution in [0.15, 0.2) is 42.5 Å². The van der Waals surface area contributed by atoms with Crippen LogP contribution in [0.2, 0.25) is 5.02 Å². The molecule has 1 aliphatic rings. The lowest BCUT2D eigenvalue weighted by Crippen LogP contribution is -2.40. The molecule has 0 saturated carbocycles. The third-order valence-electron chi connectivity index (χ3n) is 5.17. The minimum Gasteiger partial charge on any atom is -0.485 e. The number of esters is 1. The normalized spacial score (nSPS) is 15.8. The van der Waals surface area contributed by atoms with E-state index < -0.39 is 29.9 Å². The third kappa shape index (κ3) is 7.77. The zero-order valence-corrected chi connectivity index (χ0v) is 21.2. The van der Waals surface area contributed by atoms with E-state index >= 15 is 0 Å². The predicted molar refractivity (Wildman–Crippen MR) is 131 cm³/mol. The van der Waals surface area contributed by atoms with E-state index in [1.165, 1.54) is 4.90 Å². The minimum atomic E-state index is -0.929. The third-order valence-corrected chi connectivity index (χ3v) is 5.40. The molecule has 0 radical (unpaired) electrons. The van der Waals surface area contributed by atoms with Gasteiger partial charge >= 0.3 is 12.1 Å². The Bertz CT molecular complexity index is 1040. The van der Waals surface area contributed by atoms with E-state index in [9.17, 15) is 14.7 Å². The molecular weight excluding hydrogens is 474 g/mol. The molecule has 1 heterocycles. The van der Waals surface area contributed by atoms with Gasteiger partial charge in [-0.15, -0.1) is 0 Å². The topological polar surface area (TPSA) is 94.5 Å². The number of carbonyl (C=O) groups is 2. The first-order valence-corrected chi connectivity index (χ1v) is 11.9. The largest absolute Gasteiger partial charge is 0.485 e. The maximum Gasteiger partial charge on any atom is 0.410 e. The van der Waals surface area contributed by atoms with E-state index in [1.54, 1.807) is 58.0 Å². The van der Waals surface area contributed by atoms with E-state index in [2.05, 4.69) is 0 Å². The second-order valence-corrected chi connectivity index (χ2v) is 9.63. The van der Waals surface area contributed by atoms with Gasteiger partial charge in [0.25, 0.3) is 0 Å². The monoisotopic (exact) mass is 505 g/mol. The Morgan fingerprint density at radius 3 is 2.66 bits per heavy atom. The first-order valence-electron chi connectivity index (χ1n) is 11.6. The lowest BCUT2D eigenvalue weighted by molar-refractivity contribution is -0.153. The highest BCUT2D eigenvalue weighted by Crippen LogP contribution is 2.33. The molecule has 2 aromatic rings. The van der Waals surface area contributed by atoms with Crippen LogP contribution in [0.1, 0.15) is 44.9 Å². The van der Waals surface area contributed by atoms with Crippen LogP contribution in [0.4, 0.5) is 4.79 Å². The average molecular weight is 506 g/mol. The molecule has 0 spiro atoms. The predicted octanol–water partition coefficient (Wildman–Crippen LogP) is 4.56. The van der Waals surface area contributed by atoms with E-state index in [-0.39, 0.29) is 19.8 Å². The number of hydrogen-bond acceptors (Lipinski definition) is 7. The summed E-state index contributed by atoms with van der Waals surface area (Å²) < 4.78 is 22.0. The van der Waals surface area contributed by atoms with Crippen molar-refractivity contribution in [1.82, 2.24) is 4.90 Å². The molecule has 35 heavy (non-hydrogen) atoms. The number of rotatable bonds is 8. The summed E-state index contributed by atoms with van der Waals surface area (Å²) in [5, 5.41) is 11.2. The Labute approximate surface area is 210 Å². The quantitative estimate of drug-likeness (QED) is 0.525. The molecule has 0 aromatic heterocycles. The minimum absolute atomic E-state index is 0.0427. The van der Waals surface area contributed by atoms with Crippen LogP contribution in [0.25, 0.3) is 0 Å². The fourth-order valence-corrected chi connectivity index (χ4v) is 3.70. The van der Waals surface area contributed by atoms with Crippen molar-refractivity contribution >= 4 is 23.7 Å². The molecule has 1 N–H and O–H groups in total. The molecule has 190 valence electrons. The van der Waals surface area contributed by atoms with Crippen LogP contribution in [-0.2, 0) is 20.7 Å². The molecule has 0 saturated heterocycles. The van der Waals surface area contributed by atoms with Crippen LogP contribution in [0.3, 0.4) is 0 Å². The fraction of sp³-hybridized carbons (Fsp3) is 0.462. The van der Waals surface area contributed by atoms with Crippen LogP contribution in [0.5, 0.6) is 11.5 Å². The number of nitrogens with zero attached hydrogens (tertiary/aromatic N) is 1. The molecule has 2 aromatic carbocycles. The molecule has 0 unspecified atom stereocenters. The van der Waals surface area contributed by atoms with Gasteiger partial charge in [-0.05, 0) is 69.5 Å². The highest BCUT2D eigenvalue weighted by molar-refractivity contribution is 6.30. The summed E-state index contributed by atoms with van der Waals surface area (Å²) in [6.07, 6.45) is -1.77. The summed E-state index contributed by atoms with van der Waals surface area (Å²) in [6, 6.07) is 12.3. The van der Waals surface area contributed by atoms with Crippen molar-refractivity contribution in [3.05, 3.63) is 58.6 Å². The smallest absolute Gasteiger partial charge is 0.410 e. The summed E-state index contributed by atoms with van der Waals surface area (Å²) in [6.45, 7) is 7.79. The van der Waals surface area contributed by atoms with Crippen molar-refractivity contribution in [3.63, 3.8) is 0 Å². The Morgan fingerprint density at radius 2 is 1.97 bits per heavy atom. The summed E-state index contributed by atoms with van der Waals surface area (Å²) in [4.78, 5) is 26.3. The van der Waals surface area contributed by atoms with Gasteiger partial charge in [0.15, 0.2) is 11.5 Å². The van der Waals surface area contributed by atoms with Gasteiger partial charge in [-0.25, -0.2) is 9.59 Å². The van der Waals surface area contributed by atoms with Gasteiger partial charge in [0.05, 0.1) is 19.3 Å². The van der Waals surface area contributed by atoms with Crippen molar-refractivity contribution in [2.24, 2.45) is 0 Å². The second-order valence-electron chi connectivity index (χ2n) is 9.20. The number of benzene rings is 2. The highest BCUT2D eigenvalue weighted by atomic mass is 35.5. The molecule has 3 rings (SSSR count). The summed E-state index contributed by atoms with van der Waals surface area (Å²) in [5.74, 6) is 0.512. The number of amides is 1. The Morgan fingerprint density at radius 1 is 1.20 bits per heavy atom. The molecule has 1 amide bonds. The Balaban J connectivity index is 1.69. The Kier molecular flexibility index (Phi) is 8.86. The summed E-state index contributed by atoms with van der Waals surface area (Å²) in [7, 11) is 0. The standard InChI is InChI=1S/C26H32ClNO7/c1-5-32-24(30)23-16-33-22-13-17(9-10-21(22)34-23)11-12-28(25(31)35-26(2,3)4)15-20(29)18-7-6-8-19(27)14-18/h6-10,13-14,20,23,29H,5,11-12,15-16H2,1-4H3/t20-,23+/m0/s1. The SMILES string of the molecule is CCOC(=O)[C@H]1COc2cc(CCN(C[C@H](O)c3cccc(Cl)c3)C(=O)OC(C)(C)C)ccc2O1. The van der Waals surface area contributed by atoms with E-state index in [0.717, 1.165) is 5.56 Å². The number of hydrogen-bond donors (Lipinski definition) is 1. The molecular formula is C26H32ClNO7. The zero-order valence-electron chi connectivity index (χ0n) is 20.5. The van der Waals surface area contributed by atoms with E-state index in [0.29, 0.717) is 35.1 Å². The first kappa shape index (κ1) is 26.6. The van der Waals surface area contributed by atoms with E-state index in [1.807, 2.05) is 12.1 Å². The molecule has 0 aliphatic carbocycles. The zero-order chi connectivity index (χ0) is 25.6. The molecule has 8 nitrogen and oxygen atoms in total. The molecule has 0 bridgehead atoms. The van der Waals surface area contributed by atoms with E-state index in [4.69, 9.17) is 30.5 Å². The lowest BCUT2D eigenvalue weighted by Gasteiger charge is -2.29. The van der Waals surface area contributed by atoms with Crippen LogP contribution < -0.4 is 9.47 Å². The van der Waals surface area contributed by atoms with Crippen molar-refractivity contribution in [1.29, 1.82) is 0 Å². The second kappa shape index (κ2) is 11.6. The highest BCUT2D eigenvalue weighted by Gasteiger charge is 2.29. The van der Waals surface area contributed by atoms with Gasteiger partial charge in [-0.2, -0.15) is 0 Å². The van der Waals surface area contributed by atoms with Gasteiger partial charge in [0, 0.05) is 11.6 Å². The Hall–Kier alpha value is -2.97. The van der Waals surface area contributed by atoms with Crippen molar-refractivity contribution in [2.45, 2.75) is 51.9 Å². The number of carbonyl (C=O) groups excluding carboxylic acids is 2. The first-order chi connectivity index (χ1) is 16.6.